The molecular formula is C10H12ClN3O2. The van der Waals surface area contributed by atoms with Crippen molar-refractivity contribution in [2.24, 2.45) is 5.73 Å². The Morgan fingerprint density at radius 3 is 2.88 bits per heavy atom. The Morgan fingerprint density at radius 2 is 2.19 bits per heavy atom. The van der Waals surface area contributed by atoms with Crippen LogP contribution in [0.5, 0.6) is 0 Å². The number of aromatic nitrogens is 2. The molecule has 1 aromatic carbocycles. The minimum Gasteiger partial charge on any atom is -0.480 e. The van der Waals surface area contributed by atoms with E-state index in [0.717, 1.165) is 16.6 Å². The summed E-state index contributed by atoms with van der Waals surface area (Å²) in [7, 11) is 0. The fourth-order valence-electron chi connectivity index (χ4n) is 1.48. The first-order valence-corrected chi connectivity index (χ1v) is 4.59. The van der Waals surface area contributed by atoms with Crippen molar-refractivity contribution in [3.63, 3.8) is 0 Å². The largest absolute Gasteiger partial charge is 0.480 e. The lowest BCUT2D eigenvalue weighted by Crippen LogP contribution is -2.32. The number of hydrogen-bond acceptors (Lipinski definition) is 3. The van der Waals surface area contributed by atoms with E-state index in [2.05, 4.69) is 10.2 Å². The van der Waals surface area contributed by atoms with Crippen molar-refractivity contribution in [2.45, 2.75) is 12.5 Å². The molecule has 0 unspecified atom stereocenters. The third kappa shape index (κ3) is 2.32. The zero-order valence-corrected chi connectivity index (χ0v) is 9.20. The van der Waals surface area contributed by atoms with E-state index in [9.17, 15) is 4.79 Å². The quantitative estimate of drug-likeness (QED) is 0.746. The second-order valence-electron chi connectivity index (χ2n) is 3.37. The van der Waals surface area contributed by atoms with Crippen molar-refractivity contribution in [3.05, 3.63) is 30.0 Å². The minimum atomic E-state index is -1.01. The SMILES string of the molecule is Cl.N[C@H](Cc1[nH]nc2ccccc12)C(=O)O. The summed E-state index contributed by atoms with van der Waals surface area (Å²) in [5.74, 6) is -1.01. The lowest BCUT2D eigenvalue weighted by Gasteiger charge is -2.03. The average molecular weight is 242 g/mol. The Morgan fingerprint density at radius 1 is 1.50 bits per heavy atom. The molecule has 0 aliphatic carbocycles. The predicted molar refractivity (Wildman–Crippen MR) is 62.7 cm³/mol. The van der Waals surface area contributed by atoms with E-state index in [1.807, 2.05) is 24.3 Å². The Bertz CT molecular complexity index is 498. The molecule has 2 rings (SSSR count). The summed E-state index contributed by atoms with van der Waals surface area (Å²) in [6.07, 6.45) is 0.260. The first kappa shape index (κ1) is 12.5. The number of aliphatic carboxylic acids is 1. The van der Waals surface area contributed by atoms with E-state index >= 15 is 0 Å². The van der Waals surface area contributed by atoms with Gasteiger partial charge < -0.3 is 10.8 Å². The molecule has 0 amide bonds. The van der Waals surface area contributed by atoms with Crippen LogP contribution in [0.4, 0.5) is 0 Å². The summed E-state index contributed by atoms with van der Waals surface area (Å²) < 4.78 is 0. The van der Waals surface area contributed by atoms with E-state index in [-0.39, 0.29) is 18.8 Å². The molecule has 0 saturated carbocycles. The number of nitrogens with one attached hydrogen (secondary N) is 1. The fourth-order valence-corrected chi connectivity index (χ4v) is 1.48. The van der Waals surface area contributed by atoms with Gasteiger partial charge in [-0.25, -0.2) is 0 Å². The molecule has 0 aliphatic heterocycles. The van der Waals surface area contributed by atoms with Crippen LogP contribution in [0.3, 0.4) is 0 Å². The number of halogens is 1. The molecule has 4 N–H and O–H groups in total. The normalized spacial score (nSPS) is 12.1. The maximum absolute atomic E-state index is 10.6. The highest BCUT2D eigenvalue weighted by molar-refractivity contribution is 5.85. The van der Waals surface area contributed by atoms with E-state index in [1.54, 1.807) is 0 Å². The molecule has 0 aliphatic rings. The Balaban J connectivity index is 0.00000128. The summed E-state index contributed by atoms with van der Waals surface area (Å²) in [4.78, 5) is 10.6. The molecule has 86 valence electrons. The molecule has 2 aromatic rings. The molecule has 1 atom stereocenters. The maximum Gasteiger partial charge on any atom is 0.320 e. The molecule has 0 radical (unpaired) electrons. The second-order valence-corrected chi connectivity index (χ2v) is 3.37. The van der Waals surface area contributed by atoms with Crippen LogP contribution in [0.1, 0.15) is 5.69 Å². The fraction of sp³-hybridized carbons (Fsp3) is 0.200. The molecule has 0 bridgehead atoms. The summed E-state index contributed by atoms with van der Waals surface area (Å²) >= 11 is 0. The maximum atomic E-state index is 10.6. The average Bonchev–Trinajstić information content (AvgIpc) is 2.62. The van der Waals surface area contributed by atoms with Crippen molar-refractivity contribution in [1.82, 2.24) is 10.2 Å². The molecule has 0 spiro atoms. The number of carbonyl (C=O) groups is 1. The lowest BCUT2D eigenvalue weighted by atomic mass is 10.1. The smallest absolute Gasteiger partial charge is 0.320 e. The lowest BCUT2D eigenvalue weighted by molar-refractivity contribution is -0.138. The summed E-state index contributed by atoms with van der Waals surface area (Å²) in [5, 5.41) is 16.5. The Hall–Kier alpha value is -1.59. The molecule has 1 aromatic heterocycles. The molecule has 6 heteroatoms. The summed E-state index contributed by atoms with van der Waals surface area (Å²) in [6, 6.07) is 6.62. The van der Waals surface area contributed by atoms with Crippen molar-refractivity contribution < 1.29 is 9.90 Å². The number of hydrogen-bond donors (Lipinski definition) is 3. The van der Waals surface area contributed by atoms with Gasteiger partial charge in [0.2, 0.25) is 0 Å². The van der Waals surface area contributed by atoms with Gasteiger partial charge in [-0.1, -0.05) is 18.2 Å². The number of carboxylic acids is 1. The van der Waals surface area contributed by atoms with Gasteiger partial charge in [-0.3, -0.25) is 9.89 Å². The number of benzene rings is 1. The minimum absolute atomic E-state index is 0. The molecule has 0 fully saturated rings. The second kappa shape index (κ2) is 4.96. The van der Waals surface area contributed by atoms with Gasteiger partial charge >= 0.3 is 5.97 Å². The van der Waals surface area contributed by atoms with Gasteiger partial charge in [0.25, 0.3) is 0 Å². The molecule has 16 heavy (non-hydrogen) atoms. The molecule has 5 nitrogen and oxygen atoms in total. The van der Waals surface area contributed by atoms with Gasteiger partial charge in [-0.15, -0.1) is 12.4 Å². The van der Waals surface area contributed by atoms with E-state index in [1.165, 1.54) is 0 Å². The van der Waals surface area contributed by atoms with Crippen LogP contribution in [0, 0.1) is 0 Å². The van der Waals surface area contributed by atoms with Crippen LogP contribution in [-0.4, -0.2) is 27.3 Å². The Labute approximate surface area is 98.1 Å². The monoisotopic (exact) mass is 241 g/mol. The standard InChI is InChI=1S/C10H11N3O2.ClH/c11-7(10(14)15)5-9-6-3-1-2-4-8(6)12-13-9;/h1-4,7H,5,11H2,(H,12,13)(H,14,15);1H/t7-;/m1./s1. The highest BCUT2D eigenvalue weighted by Gasteiger charge is 2.15. The Kier molecular flexibility index (Phi) is 3.87. The third-order valence-electron chi connectivity index (χ3n) is 2.28. The number of fused-ring (bicyclic) bond motifs is 1. The van der Waals surface area contributed by atoms with Gasteiger partial charge in [-0.05, 0) is 6.07 Å². The van der Waals surface area contributed by atoms with Crippen LogP contribution in [0.25, 0.3) is 10.9 Å². The van der Waals surface area contributed by atoms with Crippen LogP contribution >= 0.6 is 12.4 Å². The van der Waals surface area contributed by atoms with Gasteiger partial charge in [0.05, 0.1) is 5.52 Å². The topological polar surface area (TPSA) is 92.0 Å². The number of nitrogens with two attached hydrogens (primary N) is 1. The van der Waals surface area contributed by atoms with Crippen LogP contribution < -0.4 is 5.73 Å². The summed E-state index contributed by atoms with van der Waals surface area (Å²) in [6.45, 7) is 0. The zero-order valence-electron chi connectivity index (χ0n) is 8.38. The highest BCUT2D eigenvalue weighted by Crippen LogP contribution is 2.15. The van der Waals surface area contributed by atoms with Crippen molar-refractivity contribution >= 4 is 29.3 Å². The van der Waals surface area contributed by atoms with Crippen molar-refractivity contribution in [3.8, 4) is 0 Å². The summed E-state index contributed by atoms with van der Waals surface area (Å²) in [5.41, 5.74) is 7.04. The highest BCUT2D eigenvalue weighted by atomic mass is 35.5. The van der Waals surface area contributed by atoms with Gasteiger partial charge in [-0.2, -0.15) is 5.10 Å². The number of rotatable bonds is 3. The number of carboxylic acid groups (broad SMARTS) is 1. The predicted octanol–water partition coefficient (Wildman–Crippen LogP) is 0.939. The van der Waals surface area contributed by atoms with Crippen molar-refractivity contribution in [2.75, 3.05) is 0 Å². The van der Waals surface area contributed by atoms with Gasteiger partial charge in [0.1, 0.15) is 6.04 Å². The number of aromatic amines is 1. The molecule has 1 heterocycles. The molecular weight excluding hydrogens is 230 g/mol. The first-order valence-electron chi connectivity index (χ1n) is 4.59. The van der Waals surface area contributed by atoms with Crippen LogP contribution in [0.15, 0.2) is 24.3 Å². The van der Waals surface area contributed by atoms with E-state index in [4.69, 9.17) is 10.8 Å². The first-order chi connectivity index (χ1) is 7.18. The number of nitrogens with zero attached hydrogens (tertiary/aromatic N) is 1. The van der Waals surface area contributed by atoms with Crippen LogP contribution in [0.2, 0.25) is 0 Å². The van der Waals surface area contributed by atoms with Crippen molar-refractivity contribution in [1.29, 1.82) is 0 Å². The zero-order chi connectivity index (χ0) is 10.8. The van der Waals surface area contributed by atoms with Gasteiger partial charge in [0, 0.05) is 17.5 Å². The van der Waals surface area contributed by atoms with Crippen LogP contribution in [-0.2, 0) is 11.2 Å². The van der Waals surface area contributed by atoms with E-state index < -0.39 is 12.0 Å². The number of para-hydroxylation sites is 1. The van der Waals surface area contributed by atoms with E-state index in [0.29, 0.717) is 0 Å². The third-order valence-corrected chi connectivity index (χ3v) is 2.28. The number of H-pyrrole nitrogens is 1. The van der Waals surface area contributed by atoms with Gasteiger partial charge in [0.15, 0.2) is 0 Å². The molecule has 0 saturated heterocycles.